The Kier molecular flexibility index (Phi) is 3.76. The molecule has 1 N–H and O–H groups in total. The molecule has 0 saturated heterocycles. The van der Waals surface area contributed by atoms with Crippen molar-refractivity contribution in [3.05, 3.63) is 29.8 Å². The van der Waals surface area contributed by atoms with Crippen molar-refractivity contribution in [2.75, 3.05) is 12.9 Å². The van der Waals surface area contributed by atoms with E-state index in [-0.39, 0.29) is 12.0 Å². The number of hydrogen-bond acceptors (Lipinski definition) is 3. The van der Waals surface area contributed by atoms with Gasteiger partial charge in [0.05, 0.1) is 11.5 Å². The smallest absolute Gasteiger partial charge is 0.175 e. The predicted molar refractivity (Wildman–Crippen MR) is 75.9 cm³/mol. The molecule has 4 heteroatoms. The minimum atomic E-state index is -3.15. The minimum absolute atomic E-state index is 0.139. The summed E-state index contributed by atoms with van der Waals surface area (Å²) in [6, 6.07) is 7.00. The highest BCUT2D eigenvalue weighted by Crippen LogP contribution is 2.56. The molecule has 1 saturated carbocycles. The first kappa shape index (κ1) is 14.5. The van der Waals surface area contributed by atoms with E-state index in [9.17, 15) is 13.5 Å². The molecule has 0 spiro atoms. The van der Waals surface area contributed by atoms with Crippen LogP contribution in [0.2, 0.25) is 0 Å². The fourth-order valence-electron chi connectivity index (χ4n) is 2.93. The van der Waals surface area contributed by atoms with Crippen molar-refractivity contribution in [1.29, 1.82) is 0 Å². The molecule has 0 amide bonds. The topological polar surface area (TPSA) is 54.4 Å². The van der Waals surface area contributed by atoms with Crippen molar-refractivity contribution in [2.45, 2.75) is 37.0 Å². The van der Waals surface area contributed by atoms with Crippen molar-refractivity contribution < 1.29 is 13.5 Å². The molecule has 2 unspecified atom stereocenters. The third-order valence-electron chi connectivity index (χ3n) is 4.13. The molecule has 1 aliphatic carbocycles. The molecule has 1 aliphatic rings. The molecular formula is C15H22O3S. The number of benzene rings is 1. The number of sulfone groups is 1. The van der Waals surface area contributed by atoms with Gasteiger partial charge in [0.15, 0.2) is 9.84 Å². The molecule has 1 aromatic rings. The molecule has 106 valence electrons. The van der Waals surface area contributed by atoms with Crippen LogP contribution < -0.4 is 0 Å². The fourth-order valence-corrected chi connectivity index (χ4v) is 3.56. The molecule has 1 fully saturated rings. The van der Waals surface area contributed by atoms with Crippen molar-refractivity contribution in [1.82, 2.24) is 0 Å². The Labute approximate surface area is 115 Å². The first-order chi connectivity index (χ1) is 8.79. The van der Waals surface area contributed by atoms with E-state index >= 15 is 0 Å². The molecule has 0 bridgehead atoms. The average Bonchev–Trinajstić information content (AvgIpc) is 3.02. The molecule has 0 aromatic heterocycles. The van der Waals surface area contributed by atoms with E-state index < -0.39 is 9.84 Å². The lowest BCUT2D eigenvalue weighted by atomic mass is 9.91. The van der Waals surface area contributed by atoms with Gasteiger partial charge in [0.2, 0.25) is 0 Å². The summed E-state index contributed by atoms with van der Waals surface area (Å²) in [6.07, 6.45) is 3.32. The van der Waals surface area contributed by atoms with Gasteiger partial charge < -0.3 is 5.11 Å². The maximum absolute atomic E-state index is 11.4. The largest absolute Gasteiger partial charge is 0.395 e. The highest BCUT2D eigenvalue weighted by Gasteiger charge is 2.54. The Morgan fingerprint density at radius 3 is 2.32 bits per heavy atom. The van der Waals surface area contributed by atoms with Crippen LogP contribution >= 0.6 is 0 Å². The second kappa shape index (κ2) is 4.91. The minimum Gasteiger partial charge on any atom is -0.395 e. The second-order valence-corrected chi connectivity index (χ2v) is 8.16. The molecule has 0 aliphatic heterocycles. The van der Waals surface area contributed by atoms with Crippen LogP contribution in [0.25, 0.3) is 0 Å². The summed E-state index contributed by atoms with van der Waals surface area (Å²) in [7, 11) is -3.15. The Morgan fingerprint density at radius 2 is 1.89 bits per heavy atom. The Bertz CT molecular complexity index is 545. The van der Waals surface area contributed by atoms with Crippen molar-refractivity contribution in [3.63, 3.8) is 0 Å². The third kappa shape index (κ3) is 2.84. The molecule has 0 heterocycles. The van der Waals surface area contributed by atoms with E-state index in [0.717, 1.165) is 18.4 Å². The lowest BCUT2D eigenvalue weighted by Crippen LogP contribution is -2.16. The molecule has 2 rings (SSSR count). The standard InChI is InChI=1S/C15H22O3S/c1-11(2)8-13-9-15(13,10-16)12-4-6-14(7-5-12)19(3,17)18/h4-7,11,13,16H,8-10H2,1-3H3. The number of hydrogen-bond donors (Lipinski definition) is 1. The van der Waals surface area contributed by atoms with Crippen LogP contribution in [0, 0.1) is 11.8 Å². The first-order valence-electron chi connectivity index (χ1n) is 6.71. The number of aliphatic hydroxyl groups excluding tert-OH is 1. The normalized spacial score (nSPS) is 26.7. The summed E-state index contributed by atoms with van der Waals surface area (Å²) in [5, 5.41) is 9.70. The highest BCUT2D eigenvalue weighted by atomic mass is 32.2. The SMILES string of the molecule is CC(C)CC1CC1(CO)c1ccc(S(C)(=O)=O)cc1. The first-order valence-corrected chi connectivity index (χ1v) is 8.60. The third-order valence-corrected chi connectivity index (χ3v) is 5.26. The van der Waals surface area contributed by atoms with Crippen LogP contribution in [0.3, 0.4) is 0 Å². The van der Waals surface area contributed by atoms with Gasteiger partial charge in [-0.05, 0) is 42.4 Å². The van der Waals surface area contributed by atoms with Gasteiger partial charge in [-0.1, -0.05) is 26.0 Å². The second-order valence-electron chi connectivity index (χ2n) is 6.14. The van der Waals surface area contributed by atoms with Crippen LogP contribution in [0.15, 0.2) is 29.2 Å². The maximum atomic E-state index is 11.4. The van der Waals surface area contributed by atoms with E-state index in [4.69, 9.17) is 0 Å². The summed E-state index contributed by atoms with van der Waals surface area (Å²) >= 11 is 0. The quantitative estimate of drug-likeness (QED) is 0.902. The summed E-state index contributed by atoms with van der Waals surface area (Å²) < 4.78 is 22.9. The van der Waals surface area contributed by atoms with Gasteiger partial charge in [0.1, 0.15) is 0 Å². The Morgan fingerprint density at radius 1 is 1.32 bits per heavy atom. The maximum Gasteiger partial charge on any atom is 0.175 e. The predicted octanol–water partition coefficient (Wildman–Crippen LogP) is 2.39. The Balaban J connectivity index is 2.23. The van der Waals surface area contributed by atoms with Crippen LogP contribution in [0.4, 0.5) is 0 Å². The lowest BCUT2D eigenvalue weighted by molar-refractivity contribution is 0.241. The molecule has 0 radical (unpaired) electrons. The van der Waals surface area contributed by atoms with Gasteiger partial charge in [0.25, 0.3) is 0 Å². The van der Waals surface area contributed by atoms with Gasteiger partial charge in [-0.2, -0.15) is 0 Å². The molecule has 1 aromatic carbocycles. The molecule has 2 atom stereocenters. The van der Waals surface area contributed by atoms with Crippen molar-refractivity contribution in [3.8, 4) is 0 Å². The van der Waals surface area contributed by atoms with Gasteiger partial charge in [-0.3, -0.25) is 0 Å². The van der Waals surface area contributed by atoms with Gasteiger partial charge in [-0.15, -0.1) is 0 Å². The summed E-state index contributed by atoms with van der Waals surface area (Å²) in [6.45, 7) is 4.52. The highest BCUT2D eigenvalue weighted by molar-refractivity contribution is 7.90. The van der Waals surface area contributed by atoms with Gasteiger partial charge in [-0.25, -0.2) is 8.42 Å². The van der Waals surface area contributed by atoms with Gasteiger partial charge >= 0.3 is 0 Å². The van der Waals surface area contributed by atoms with Crippen molar-refractivity contribution in [2.24, 2.45) is 11.8 Å². The molecular weight excluding hydrogens is 260 g/mol. The van der Waals surface area contributed by atoms with Crippen LogP contribution in [0.1, 0.15) is 32.3 Å². The lowest BCUT2D eigenvalue weighted by Gasteiger charge is -2.16. The summed E-state index contributed by atoms with van der Waals surface area (Å²) in [5.74, 6) is 1.13. The number of aliphatic hydroxyl groups is 1. The summed E-state index contributed by atoms with van der Waals surface area (Å²) in [5.41, 5.74) is 0.924. The fraction of sp³-hybridized carbons (Fsp3) is 0.600. The summed E-state index contributed by atoms with van der Waals surface area (Å²) in [4.78, 5) is 0.338. The van der Waals surface area contributed by atoms with Gasteiger partial charge in [0, 0.05) is 11.7 Å². The van der Waals surface area contributed by atoms with E-state index in [1.165, 1.54) is 6.26 Å². The van der Waals surface area contributed by atoms with Crippen molar-refractivity contribution >= 4 is 9.84 Å². The Hall–Kier alpha value is -0.870. The molecule has 3 nitrogen and oxygen atoms in total. The van der Waals surface area contributed by atoms with E-state index in [1.54, 1.807) is 12.1 Å². The zero-order valence-electron chi connectivity index (χ0n) is 11.8. The van der Waals surface area contributed by atoms with E-state index in [1.807, 2.05) is 12.1 Å². The average molecular weight is 282 g/mol. The molecule has 19 heavy (non-hydrogen) atoms. The zero-order chi connectivity index (χ0) is 14.3. The van der Waals surface area contributed by atoms with Crippen LogP contribution in [0.5, 0.6) is 0 Å². The van der Waals surface area contributed by atoms with E-state index in [2.05, 4.69) is 13.8 Å². The van der Waals surface area contributed by atoms with Crippen LogP contribution in [-0.2, 0) is 15.3 Å². The monoisotopic (exact) mass is 282 g/mol. The van der Waals surface area contributed by atoms with E-state index in [0.29, 0.717) is 16.7 Å². The zero-order valence-corrected chi connectivity index (χ0v) is 12.6. The van der Waals surface area contributed by atoms with Crippen LogP contribution in [-0.4, -0.2) is 26.4 Å². The number of rotatable bonds is 5.